The summed E-state index contributed by atoms with van der Waals surface area (Å²) in [5, 5.41) is 0. The third-order valence-corrected chi connectivity index (χ3v) is 7.07. The number of ether oxygens (including phenoxy) is 1. The minimum Gasteiger partial charge on any atom is -0.497 e. The number of aryl methyl sites for hydroxylation is 1. The van der Waals surface area contributed by atoms with E-state index >= 15 is 0 Å². The summed E-state index contributed by atoms with van der Waals surface area (Å²) in [6, 6.07) is 7.63. The Morgan fingerprint density at radius 1 is 1.30 bits per heavy atom. The van der Waals surface area contributed by atoms with Crippen molar-refractivity contribution in [2.75, 3.05) is 26.0 Å². The van der Waals surface area contributed by atoms with E-state index in [-0.39, 0.29) is 34.5 Å². The van der Waals surface area contributed by atoms with Crippen LogP contribution in [0.3, 0.4) is 0 Å². The average Bonchev–Trinajstić information content (AvgIpc) is 2.77. The number of H-pyrrole nitrogens is 1. The van der Waals surface area contributed by atoms with Crippen LogP contribution in [0.25, 0.3) is 0 Å². The Morgan fingerprint density at radius 3 is 2.70 bits per heavy atom. The van der Waals surface area contributed by atoms with Gasteiger partial charge in [0.15, 0.2) is 9.84 Å². The van der Waals surface area contributed by atoms with E-state index < -0.39 is 9.84 Å². The molecular formula is C21H27N3O5S. The van der Waals surface area contributed by atoms with Crippen LogP contribution in [0.2, 0.25) is 0 Å². The van der Waals surface area contributed by atoms with Crippen molar-refractivity contribution in [1.29, 1.82) is 0 Å². The first-order valence-electron chi connectivity index (χ1n) is 10.1. The number of sulfone groups is 1. The van der Waals surface area contributed by atoms with E-state index in [1.165, 1.54) is 25.3 Å². The SMILES string of the molecule is CCc1cc(=O)[nH]c(C2CCCN(C(=O)CCS(=O)(=O)c3ccc(OC)cc3)C2)n1. The van der Waals surface area contributed by atoms with Crippen LogP contribution in [-0.4, -0.2) is 55.1 Å². The number of piperidine rings is 1. The topological polar surface area (TPSA) is 109 Å². The van der Waals surface area contributed by atoms with Crippen LogP contribution in [0.4, 0.5) is 0 Å². The van der Waals surface area contributed by atoms with Crippen molar-refractivity contribution in [3.05, 3.63) is 52.2 Å². The van der Waals surface area contributed by atoms with Gasteiger partial charge in [-0.3, -0.25) is 9.59 Å². The lowest BCUT2D eigenvalue weighted by molar-refractivity contribution is -0.132. The number of benzene rings is 1. The molecule has 3 rings (SSSR count). The predicted molar refractivity (Wildman–Crippen MR) is 112 cm³/mol. The highest BCUT2D eigenvalue weighted by Gasteiger charge is 2.27. The molecule has 0 saturated carbocycles. The standard InChI is InChI=1S/C21H27N3O5S/c1-3-16-13-19(25)23-21(22-16)15-5-4-11-24(14-15)20(26)10-12-30(27,28)18-8-6-17(29-2)7-9-18/h6-9,13,15H,3-5,10-12,14H2,1-2H3,(H,22,23,25). The van der Waals surface area contributed by atoms with E-state index in [4.69, 9.17) is 4.74 Å². The van der Waals surface area contributed by atoms with Crippen molar-refractivity contribution in [3.8, 4) is 5.75 Å². The molecule has 1 aromatic heterocycles. The van der Waals surface area contributed by atoms with E-state index in [0.717, 1.165) is 18.5 Å². The zero-order chi connectivity index (χ0) is 21.7. The van der Waals surface area contributed by atoms with Gasteiger partial charge in [-0.1, -0.05) is 6.92 Å². The molecule has 1 aliphatic rings. The van der Waals surface area contributed by atoms with Crippen LogP contribution in [-0.2, 0) is 21.1 Å². The van der Waals surface area contributed by atoms with Crippen LogP contribution < -0.4 is 10.3 Å². The molecule has 9 heteroatoms. The summed E-state index contributed by atoms with van der Waals surface area (Å²) in [5.74, 6) is 0.663. The van der Waals surface area contributed by atoms with Crippen LogP contribution in [0.5, 0.6) is 5.75 Å². The molecular weight excluding hydrogens is 406 g/mol. The highest BCUT2D eigenvalue weighted by molar-refractivity contribution is 7.91. The Kier molecular flexibility index (Phi) is 6.91. The van der Waals surface area contributed by atoms with E-state index in [9.17, 15) is 18.0 Å². The minimum atomic E-state index is -3.56. The zero-order valence-electron chi connectivity index (χ0n) is 17.3. The van der Waals surface area contributed by atoms with Gasteiger partial charge >= 0.3 is 0 Å². The van der Waals surface area contributed by atoms with Crippen molar-refractivity contribution in [1.82, 2.24) is 14.9 Å². The third-order valence-electron chi connectivity index (χ3n) is 5.34. The van der Waals surface area contributed by atoms with Gasteiger partial charge in [0, 0.05) is 37.2 Å². The largest absolute Gasteiger partial charge is 0.497 e. The first-order valence-corrected chi connectivity index (χ1v) is 11.7. The second kappa shape index (κ2) is 9.42. The number of methoxy groups -OCH3 is 1. The number of likely N-dealkylation sites (tertiary alicyclic amines) is 1. The van der Waals surface area contributed by atoms with E-state index in [0.29, 0.717) is 31.1 Å². The van der Waals surface area contributed by atoms with Gasteiger partial charge in [-0.15, -0.1) is 0 Å². The molecule has 0 aliphatic carbocycles. The first kappa shape index (κ1) is 22.0. The number of hydrogen-bond donors (Lipinski definition) is 1. The van der Waals surface area contributed by atoms with Crippen molar-refractivity contribution >= 4 is 15.7 Å². The van der Waals surface area contributed by atoms with Crippen molar-refractivity contribution in [3.63, 3.8) is 0 Å². The Balaban J connectivity index is 1.64. The molecule has 0 radical (unpaired) electrons. The molecule has 1 N–H and O–H groups in total. The minimum absolute atomic E-state index is 0.0555. The second-order valence-corrected chi connectivity index (χ2v) is 9.51. The number of hydrogen-bond acceptors (Lipinski definition) is 6. The van der Waals surface area contributed by atoms with Crippen LogP contribution in [0.1, 0.15) is 43.6 Å². The fourth-order valence-corrected chi connectivity index (χ4v) is 4.84. The van der Waals surface area contributed by atoms with Gasteiger partial charge in [0.2, 0.25) is 5.91 Å². The molecule has 2 heterocycles. The molecule has 1 fully saturated rings. The number of carbonyl (C=O) groups is 1. The molecule has 0 bridgehead atoms. The maximum absolute atomic E-state index is 12.7. The summed E-state index contributed by atoms with van der Waals surface area (Å²) in [6.07, 6.45) is 2.18. The molecule has 1 atom stereocenters. The van der Waals surface area contributed by atoms with Crippen molar-refractivity contribution in [2.24, 2.45) is 0 Å². The highest BCUT2D eigenvalue weighted by atomic mass is 32.2. The summed E-state index contributed by atoms with van der Waals surface area (Å²) in [7, 11) is -2.05. The number of aromatic amines is 1. The van der Waals surface area contributed by atoms with Gasteiger partial charge in [-0.2, -0.15) is 0 Å². The number of amides is 1. The van der Waals surface area contributed by atoms with Gasteiger partial charge in [0.25, 0.3) is 5.56 Å². The van der Waals surface area contributed by atoms with E-state index in [1.807, 2.05) is 6.92 Å². The van der Waals surface area contributed by atoms with Gasteiger partial charge < -0.3 is 14.6 Å². The van der Waals surface area contributed by atoms with Gasteiger partial charge in [-0.05, 0) is 43.5 Å². The smallest absolute Gasteiger partial charge is 0.251 e. The summed E-state index contributed by atoms with van der Waals surface area (Å²) in [5.41, 5.74) is 0.536. The summed E-state index contributed by atoms with van der Waals surface area (Å²) >= 11 is 0. The fraction of sp³-hybridized carbons (Fsp3) is 0.476. The maximum atomic E-state index is 12.7. The number of nitrogens with one attached hydrogen (secondary N) is 1. The molecule has 1 unspecified atom stereocenters. The predicted octanol–water partition coefficient (Wildman–Crippen LogP) is 1.91. The summed E-state index contributed by atoms with van der Waals surface area (Å²) < 4.78 is 30.1. The molecule has 8 nitrogen and oxygen atoms in total. The van der Waals surface area contributed by atoms with Gasteiger partial charge in [0.1, 0.15) is 11.6 Å². The van der Waals surface area contributed by atoms with Gasteiger partial charge in [-0.25, -0.2) is 13.4 Å². The molecule has 1 amide bonds. The molecule has 1 aromatic carbocycles. The van der Waals surface area contributed by atoms with Crippen molar-refractivity contribution in [2.45, 2.75) is 43.4 Å². The second-order valence-electron chi connectivity index (χ2n) is 7.40. The quantitative estimate of drug-likeness (QED) is 0.714. The lowest BCUT2D eigenvalue weighted by Crippen LogP contribution is -2.40. The monoisotopic (exact) mass is 433 g/mol. The van der Waals surface area contributed by atoms with Gasteiger partial charge in [0.05, 0.1) is 17.8 Å². The fourth-order valence-electron chi connectivity index (χ4n) is 3.61. The summed E-state index contributed by atoms with van der Waals surface area (Å²) in [4.78, 5) is 33.7. The lowest BCUT2D eigenvalue weighted by atomic mass is 9.96. The Labute approximate surface area is 176 Å². The van der Waals surface area contributed by atoms with E-state index in [1.54, 1.807) is 17.0 Å². The maximum Gasteiger partial charge on any atom is 0.251 e. The number of aromatic nitrogens is 2. The highest BCUT2D eigenvalue weighted by Crippen LogP contribution is 2.25. The molecule has 1 aliphatic heterocycles. The average molecular weight is 434 g/mol. The number of carbonyl (C=O) groups excluding carboxylic acids is 1. The number of rotatable bonds is 7. The normalized spacial score (nSPS) is 17.0. The molecule has 1 saturated heterocycles. The third kappa shape index (κ3) is 5.27. The van der Waals surface area contributed by atoms with Crippen LogP contribution >= 0.6 is 0 Å². The molecule has 30 heavy (non-hydrogen) atoms. The van der Waals surface area contributed by atoms with Crippen LogP contribution in [0.15, 0.2) is 40.0 Å². The van der Waals surface area contributed by atoms with Crippen LogP contribution in [0, 0.1) is 0 Å². The molecule has 0 spiro atoms. The Hall–Kier alpha value is -2.68. The Bertz CT molecular complexity index is 1050. The Morgan fingerprint density at radius 2 is 2.03 bits per heavy atom. The number of nitrogens with zero attached hydrogens (tertiary/aromatic N) is 2. The zero-order valence-corrected chi connectivity index (χ0v) is 18.1. The van der Waals surface area contributed by atoms with Crippen molar-refractivity contribution < 1.29 is 17.9 Å². The summed E-state index contributed by atoms with van der Waals surface area (Å²) in [6.45, 7) is 2.94. The lowest BCUT2D eigenvalue weighted by Gasteiger charge is -2.32. The molecule has 162 valence electrons. The first-order chi connectivity index (χ1) is 14.3. The van der Waals surface area contributed by atoms with E-state index in [2.05, 4.69) is 9.97 Å². The molecule has 2 aromatic rings.